The molecule has 6 heteroatoms. The van der Waals surface area contributed by atoms with Crippen LogP contribution in [0.1, 0.15) is 19.3 Å². The van der Waals surface area contributed by atoms with E-state index in [0.29, 0.717) is 24.8 Å². The Morgan fingerprint density at radius 3 is 2.78 bits per heavy atom. The number of carbonyl (C=O) groups is 2. The van der Waals surface area contributed by atoms with Gasteiger partial charge < -0.3 is 19.4 Å². The lowest BCUT2D eigenvalue weighted by molar-refractivity contribution is -0.135. The molecule has 0 saturated carbocycles. The number of rotatable bonds is 5. The maximum Gasteiger partial charge on any atom is 0.228 e. The van der Waals surface area contributed by atoms with E-state index in [0.717, 1.165) is 52.2 Å². The summed E-state index contributed by atoms with van der Waals surface area (Å²) in [5.41, 5.74) is 0. The molecule has 0 aliphatic carbocycles. The van der Waals surface area contributed by atoms with Crippen molar-refractivity contribution in [3.05, 3.63) is 0 Å². The zero-order chi connectivity index (χ0) is 16.4. The highest BCUT2D eigenvalue weighted by Crippen LogP contribution is 2.31. The Hall–Kier alpha value is -1.14. The van der Waals surface area contributed by atoms with Gasteiger partial charge in [0.25, 0.3) is 0 Å². The van der Waals surface area contributed by atoms with Crippen molar-refractivity contribution in [1.29, 1.82) is 0 Å². The second-order valence-electron chi connectivity index (χ2n) is 7.50. The lowest BCUT2D eigenvalue weighted by Gasteiger charge is -2.23. The fraction of sp³-hybridized carbons (Fsp3) is 0.882. The first kappa shape index (κ1) is 16.7. The van der Waals surface area contributed by atoms with Crippen LogP contribution in [0.4, 0.5) is 0 Å². The molecule has 3 aliphatic rings. The van der Waals surface area contributed by atoms with Crippen LogP contribution in [-0.4, -0.2) is 86.5 Å². The van der Waals surface area contributed by atoms with E-state index >= 15 is 0 Å². The van der Waals surface area contributed by atoms with E-state index in [-0.39, 0.29) is 17.7 Å². The Bertz CT molecular complexity index is 448. The fourth-order valence-corrected chi connectivity index (χ4v) is 4.03. The molecule has 0 radical (unpaired) electrons. The Balaban J connectivity index is 1.50. The molecule has 2 amide bonds. The average molecular weight is 323 g/mol. The van der Waals surface area contributed by atoms with Crippen molar-refractivity contribution < 1.29 is 14.3 Å². The van der Waals surface area contributed by atoms with Gasteiger partial charge in [-0.3, -0.25) is 9.59 Å². The quantitative estimate of drug-likeness (QED) is 0.729. The molecule has 3 heterocycles. The third-order valence-electron chi connectivity index (χ3n) is 5.55. The summed E-state index contributed by atoms with van der Waals surface area (Å²) in [7, 11) is 4.00. The van der Waals surface area contributed by atoms with Crippen LogP contribution in [0.25, 0.3) is 0 Å². The smallest absolute Gasteiger partial charge is 0.228 e. The van der Waals surface area contributed by atoms with Gasteiger partial charge in [0, 0.05) is 52.4 Å². The number of amides is 2. The largest absolute Gasteiger partial charge is 0.381 e. The molecule has 3 rings (SSSR count). The number of hydrogen-bond acceptors (Lipinski definition) is 4. The van der Waals surface area contributed by atoms with Crippen LogP contribution in [-0.2, 0) is 14.3 Å². The van der Waals surface area contributed by atoms with Crippen molar-refractivity contribution in [3.63, 3.8) is 0 Å². The van der Waals surface area contributed by atoms with Crippen molar-refractivity contribution in [2.75, 3.05) is 60.0 Å². The number of likely N-dealkylation sites (tertiary alicyclic amines) is 2. The Morgan fingerprint density at radius 2 is 2.09 bits per heavy atom. The molecule has 3 unspecified atom stereocenters. The molecule has 0 aromatic carbocycles. The molecular weight excluding hydrogens is 294 g/mol. The summed E-state index contributed by atoms with van der Waals surface area (Å²) >= 11 is 0. The van der Waals surface area contributed by atoms with Crippen LogP contribution in [0.3, 0.4) is 0 Å². The lowest BCUT2D eigenvalue weighted by atomic mass is 9.91. The normalized spacial score (nSPS) is 31.6. The van der Waals surface area contributed by atoms with Crippen molar-refractivity contribution >= 4 is 11.8 Å². The molecule has 3 fully saturated rings. The van der Waals surface area contributed by atoms with E-state index < -0.39 is 0 Å². The van der Waals surface area contributed by atoms with Crippen LogP contribution >= 0.6 is 0 Å². The minimum atomic E-state index is -0.136. The van der Waals surface area contributed by atoms with Crippen LogP contribution in [0.15, 0.2) is 0 Å². The molecular formula is C17H29N3O3. The van der Waals surface area contributed by atoms with Gasteiger partial charge in [0.1, 0.15) is 0 Å². The number of nitrogens with zero attached hydrogens (tertiary/aromatic N) is 3. The molecule has 0 aromatic rings. The van der Waals surface area contributed by atoms with E-state index in [9.17, 15) is 9.59 Å². The zero-order valence-electron chi connectivity index (χ0n) is 14.4. The van der Waals surface area contributed by atoms with E-state index in [1.165, 1.54) is 0 Å². The number of likely N-dealkylation sites (N-methyl/N-ethyl adjacent to an activating group) is 1. The van der Waals surface area contributed by atoms with Gasteiger partial charge in [0.15, 0.2) is 0 Å². The van der Waals surface area contributed by atoms with Crippen LogP contribution in [0.5, 0.6) is 0 Å². The first-order valence-corrected chi connectivity index (χ1v) is 8.83. The third kappa shape index (κ3) is 3.86. The second kappa shape index (κ2) is 7.18. The summed E-state index contributed by atoms with van der Waals surface area (Å²) in [5, 5.41) is 0. The maximum atomic E-state index is 12.7. The molecule has 0 N–H and O–H groups in total. The second-order valence-corrected chi connectivity index (χ2v) is 7.50. The summed E-state index contributed by atoms with van der Waals surface area (Å²) in [4.78, 5) is 30.8. The Labute approximate surface area is 138 Å². The molecule has 3 atom stereocenters. The molecule has 0 bridgehead atoms. The number of hydrogen-bond donors (Lipinski definition) is 0. The molecule has 0 aromatic heterocycles. The first-order valence-electron chi connectivity index (χ1n) is 8.83. The van der Waals surface area contributed by atoms with Gasteiger partial charge in [-0.15, -0.1) is 0 Å². The minimum Gasteiger partial charge on any atom is -0.381 e. The van der Waals surface area contributed by atoms with Gasteiger partial charge in [0.05, 0.1) is 5.92 Å². The molecule has 3 saturated heterocycles. The van der Waals surface area contributed by atoms with Gasteiger partial charge in [-0.2, -0.15) is 0 Å². The average Bonchev–Trinajstić information content (AvgIpc) is 3.24. The zero-order valence-corrected chi connectivity index (χ0v) is 14.4. The molecule has 6 nitrogen and oxygen atoms in total. The molecule has 23 heavy (non-hydrogen) atoms. The topological polar surface area (TPSA) is 53.1 Å². The SMILES string of the molecule is CN(C)CCN1CC(C(=O)N2CCC(C3CCOC3)C2)CC1=O. The van der Waals surface area contributed by atoms with E-state index in [1.54, 1.807) is 0 Å². The van der Waals surface area contributed by atoms with Gasteiger partial charge in [-0.25, -0.2) is 0 Å². The predicted molar refractivity (Wildman–Crippen MR) is 86.9 cm³/mol. The molecule has 0 spiro atoms. The summed E-state index contributed by atoms with van der Waals surface area (Å²) in [6.45, 7) is 5.59. The van der Waals surface area contributed by atoms with Gasteiger partial charge in [-0.05, 0) is 38.8 Å². The standard InChI is InChI=1S/C17H29N3O3/c1-18(2)6-7-19-11-15(9-16(19)21)17(22)20-5-3-13(10-20)14-4-8-23-12-14/h13-15H,3-12H2,1-2H3. The lowest BCUT2D eigenvalue weighted by Crippen LogP contribution is -2.37. The molecule has 130 valence electrons. The Kier molecular flexibility index (Phi) is 5.21. The van der Waals surface area contributed by atoms with Crippen LogP contribution < -0.4 is 0 Å². The monoisotopic (exact) mass is 323 g/mol. The molecule has 3 aliphatic heterocycles. The maximum absolute atomic E-state index is 12.7. The van der Waals surface area contributed by atoms with Gasteiger partial charge in [0.2, 0.25) is 11.8 Å². The third-order valence-corrected chi connectivity index (χ3v) is 5.55. The van der Waals surface area contributed by atoms with E-state index in [2.05, 4.69) is 4.90 Å². The first-order chi connectivity index (χ1) is 11.0. The summed E-state index contributed by atoms with van der Waals surface area (Å²) in [5.74, 6) is 1.39. The van der Waals surface area contributed by atoms with Crippen molar-refractivity contribution in [1.82, 2.24) is 14.7 Å². The number of ether oxygens (including phenoxy) is 1. The fourth-order valence-electron chi connectivity index (χ4n) is 4.03. The van der Waals surface area contributed by atoms with E-state index in [1.807, 2.05) is 23.9 Å². The predicted octanol–water partition coefficient (Wildman–Crippen LogP) is 0.282. The highest BCUT2D eigenvalue weighted by atomic mass is 16.5. The number of carbonyl (C=O) groups excluding carboxylic acids is 2. The summed E-state index contributed by atoms with van der Waals surface area (Å²) in [6, 6.07) is 0. The van der Waals surface area contributed by atoms with Crippen molar-refractivity contribution in [3.8, 4) is 0 Å². The summed E-state index contributed by atoms with van der Waals surface area (Å²) < 4.78 is 5.48. The van der Waals surface area contributed by atoms with E-state index in [4.69, 9.17) is 4.74 Å². The van der Waals surface area contributed by atoms with Crippen molar-refractivity contribution in [2.45, 2.75) is 19.3 Å². The van der Waals surface area contributed by atoms with Gasteiger partial charge in [-0.1, -0.05) is 0 Å². The summed E-state index contributed by atoms with van der Waals surface area (Å²) in [6.07, 6.45) is 2.61. The van der Waals surface area contributed by atoms with Gasteiger partial charge >= 0.3 is 0 Å². The highest BCUT2D eigenvalue weighted by molar-refractivity contribution is 5.89. The van der Waals surface area contributed by atoms with Crippen LogP contribution in [0.2, 0.25) is 0 Å². The minimum absolute atomic E-state index is 0.130. The Morgan fingerprint density at radius 1 is 1.26 bits per heavy atom. The van der Waals surface area contributed by atoms with Crippen LogP contribution in [0, 0.1) is 17.8 Å². The highest BCUT2D eigenvalue weighted by Gasteiger charge is 2.40. The van der Waals surface area contributed by atoms with Crippen molar-refractivity contribution in [2.24, 2.45) is 17.8 Å².